The first-order chi connectivity index (χ1) is 5.33. The molecule has 1 aliphatic heterocycles. The van der Waals surface area contributed by atoms with Crippen LogP contribution in [0.3, 0.4) is 0 Å². The normalized spacial score (nSPS) is 30.4. The summed E-state index contributed by atoms with van der Waals surface area (Å²) in [6.45, 7) is 13.1. The third-order valence-corrected chi connectivity index (χ3v) is 2.24. The first-order valence-corrected chi connectivity index (χ1v) is 4.53. The summed E-state index contributed by atoms with van der Waals surface area (Å²) in [7, 11) is 0. The fourth-order valence-electron chi connectivity index (χ4n) is 1.58. The second kappa shape index (κ2) is 6.41. The summed E-state index contributed by atoms with van der Waals surface area (Å²) in [6, 6.07) is 0. The Morgan fingerprint density at radius 2 is 2.00 bits per heavy atom. The summed E-state index contributed by atoms with van der Waals surface area (Å²) in [5.74, 6) is 1.86. The van der Waals surface area contributed by atoms with Crippen molar-refractivity contribution in [2.45, 2.75) is 26.7 Å². The molecular weight excluding hydrogens is 134 g/mol. The zero-order chi connectivity index (χ0) is 8.69. The van der Waals surface area contributed by atoms with Crippen molar-refractivity contribution in [2.24, 2.45) is 11.8 Å². The molecule has 2 atom stereocenters. The Kier molecular flexibility index (Phi) is 6.24. The van der Waals surface area contributed by atoms with E-state index in [0.717, 1.165) is 11.8 Å². The Morgan fingerprint density at radius 3 is 2.36 bits per heavy atom. The van der Waals surface area contributed by atoms with Crippen molar-refractivity contribution in [1.29, 1.82) is 0 Å². The van der Waals surface area contributed by atoms with E-state index in [0.29, 0.717) is 0 Å². The quantitative estimate of drug-likeness (QED) is 0.573. The maximum absolute atomic E-state index is 3.44. The Bertz CT molecular complexity index is 90.9. The smallest absolute Gasteiger partial charge is 0.00204 e. The molecule has 1 unspecified atom stereocenters. The minimum Gasteiger partial charge on any atom is -0.316 e. The van der Waals surface area contributed by atoms with Gasteiger partial charge in [0.1, 0.15) is 0 Å². The first kappa shape index (κ1) is 10.7. The maximum Gasteiger partial charge on any atom is -0.00204 e. The molecule has 0 spiro atoms. The molecule has 1 fully saturated rings. The molecule has 66 valence electrons. The highest BCUT2D eigenvalue weighted by atomic mass is 14.9. The van der Waals surface area contributed by atoms with Crippen LogP contribution in [0.4, 0.5) is 0 Å². The molecule has 1 N–H and O–H groups in total. The fraction of sp³-hybridized carbons (Fsp3) is 0.800. The lowest BCUT2D eigenvalue weighted by molar-refractivity contribution is 0.296. The summed E-state index contributed by atoms with van der Waals surface area (Å²) in [6.07, 6.45) is 2.78. The first-order valence-electron chi connectivity index (χ1n) is 4.53. The van der Waals surface area contributed by atoms with Crippen LogP contribution < -0.4 is 5.32 Å². The second-order valence-electron chi connectivity index (χ2n) is 3.27. The molecule has 0 radical (unpaired) electrons. The SMILES string of the molecule is C=C.CCC1CNC[C@H](C)C1. The molecule has 0 saturated carbocycles. The summed E-state index contributed by atoms with van der Waals surface area (Å²) < 4.78 is 0. The van der Waals surface area contributed by atoms with Gasteiger partial charge in [0.15, 0.2) is 0 Å². The highest BCUT2D eigenvalue weighted by Gasteiger charge is 2.15. The molecule has 0 aromatic carbocycles. The number of rotatable bonds is 1. The predicted octanol–water partition coefficient (Wildman–Crippen LogP) is 2.44. The van der Waals surface area contributed by atoms with E-state index in [1.807, 2.05) is 0 Å². The van der Waals surface area contributed by atoms with Crippen molar-refractivity contribution < 1.29 is 0 Å². The lowest BCUT2D eigenvalue weighted by atomic mass is 9.90. The van der Waals surface area contributed by atoms with Gasteiger partial charge in [0.25, 0.3) is 0 Å². The van der Waals surface area contributed by atoms with Gasteiger partial charge in [-0.05, 0) is 31.3 Å². The van der Waals surface area contributed by atoms with Gasteiger partial charge in [0, 0.05) is 0 Å². The third-order valence-electron chi connectivity index (χ3n) is 2.24. The van der Waals surface area contributed by atoms with Crippen LogP contribution in [-0.4, -0.2) is 13.1 Å². The molecule has 0 bridgehead atoms. The van der Waals surface area contributed by atoms with E-state index < -0.39 is 0 Å². The molecule has 0 amide bonds. The number of hydrogen-bond acceptors (Lipinski definition) is 1. The van der Waals surface area contributed by atoms with Crippen LogP contribution in [0.1, 0.15) is 26.7 Å². The maximum atomic E-state index is 3.44. The van der Waals surface area contributed by atoms with E-state index in [2.05, 4.69) is 32.3 Å². The van der Waals surface area contributed by atoms with E-state index >= 15 is 0 Å². The Morgan fingerprint density at radius 1 is 1.36 bits per heavy atom. The van der Waals surface area contributed by atoms with Gasteiger partial charge >= 0.3 is 0 Å². The molecule has 0 aliphatic carbocycles. The summed E-state index contributed by atoms with van der Waals surface area (Å²) in [5.41, 5.74) is 0. The average Bonchev–Trinajstić information content (AvgIpc) is 2.08. The van der Waals surface area contributed by atoms with Crippen molar-refractivity contribution in [3.63, 3.8) is 0 Å². The van der Waals surface area contributed by atoms with Crippen molar-refractivity contribution in [1.82, 2.24) is 5.32 Å². The molecular formula is C10H21N. The molecule has 1 rings (SSSR count). The van der Waals surface area contributed by atoms with E-state index in [1.165, 1.54) is 25.9 Å². The van der Waals surface area contributed by atoms with Crippen LogP contribution in [0.2, 0.25) is 0 Å². The molecule has 0 aromatic heterocycles. The Hall–Kier alpha value is -0.300. The standard InChI is InChI=1S/C8H17N.C2H4/c1-3-8-4-7(2)5-9-6-8;1-2/h7-9H,3-6H2,1-2H3;1-2H2/t7-,8?;/m1./s1. The van der Waals surface area contributed by atoms with Crippen molar-refractivity contribution >= 4 is 0 Å². The Labute approximate surface area is 70.9 Å². The van der Waals surface area contributed by atoms with Gasteiger partial charge < -0.3 is 5.32 Å². The van der Waals surface area contributed by atoms with E-state index in [-0.39, 0.29) is 0 Å². The highest BCUT2D eigenvalue weighted by Crippen LogP contribution is 2.17. The van der Waals surface area contributed by atoms with E-state index in [4.69, 9.17) is 0 Å². The summed E-state index contributed by atoms with van der Waals surface area (Å²) in [4.78, 5) is 0. The topological polar surface area (TPSA) is 12.0 Å². The van der Waals surface area contributed by atoms with E-state index in [1.54, 1.807) is 0 Å². The third kappa shape index (κ3) is 4.20. The van der Waals surface area contributed by atoms with Gasteiger partial charge in [0.05, 0.1) is 0 Å². The van der Waals surface area contributed by atoms with Crippen LogP contribution in [0.5, 0.6) is 0 Å². The minimum atomic E-state index is 0.906. The monoisotopic (exact) mass is 155 g/mol. The van der Waals surface area contributed by atoms with E-state index in [9.17, 15) is 0 Å². The molecule has 1 aliphatic rings. The van der Waals surface area contributed by atoms with Crippen LogP contribution in [-0.2, 0) is 0 Å². The van der Waals surface area contributed by atoms with Crippen LogP contribution in [0.25, 0.3) is 0 Å². The highest BCUT2D eigenvalue weighted by molar-refractivity contribution is 4.71. The van der Waals surface area contributed by atoms with Crippen LogP contribution in [0.15, 0.2) is 13.2 Å². The van der Waals surface area contributed by atoms with Crippen LogP contribution >= 0.6 is 0 Å². The van der Waals surface area contributed by atoms with Gasteiger partial charge in [-0.25, -0.2) is 0 Å². The lowest BCUT2D eigenvalue weighted by Crippen LogP contribution is -2.34. The number of piperidine rings is 1. The minimum absolute atomic E-state index is 0.906. The van der Waals surface area contributed by atoms with Gasteiger partial charge in [-0.1, -0.05) is 20.3 Å². The second-order valence-corrected chi connectivity index (χ2v) is 3.27. The Balaban J connectivity index is 0.000000461. The molecule has 1 nitrogen and oxygen atoms in total. The van der Waals surface area contributed by atoms with Crippen LogP contribution in [0, 0.1) is 11.8 Å². The lowest BCUT2D eigenvalue weighted by Gasteiger charge is -2.26. The molecule has 1 heterocycles. The largest absolute Gasteiger partial charge is 0.316 e. The van der Waals surface area contributed by atoms with Gasteiger partial charge in [0.2, 0.25) is 0 Å². The molecule has 1 heteroatoms. The van der Waals surface area contributed by atoms with Gasteiger partial charge in [-0.3, -0.25) is 0 Å². The van der Waals surface area contributed by atoms with Gasteiger partial charge in [-0.2, -0.15) is 0 Å². The summed E-state index contributed by atoms with van der Waals surface area (Å²) >= 11 is 0. The predicted molar refractivity (Wildman–Crippen MR) is 51.7 cm³/mol. The fourth-order valence-corrected chi connectivity index (χ4v) is 1.58. The molecule has 11 heavy (non-hydrogen) atoms. The number of nitrogens with one attached hydrogen (secondary N) is 1. The van der Waals surface area contributed by atoms with Gasteiger partial charge in [-0.15, -0.1) is 13.2 Å². The summed E-state index contributed by atoms with van der Waals surface area (Å²) in [5, 5.41) is 3.44. The van der Waals surface area contributed by atoms with Crippen molar-refractivity contribution in [3.8, 4) is 0 Å². The van der Waals surface area contributed by atoms with Crippen molar-refractivity contribution in [3.05, 3.63) is 13.2 Å². The zero-order valence-electron chi connectivity index (χ0n) is 7.90. The zero-order valence-corrected chi connectivity index (χ0v) is 7.90. The number of hydrogen-bond donors (Lipinski definition) is 1. The molecule has 1 saturated heterocycles. The molecule has 0 aromatic rings. The van der Waals surface area contributed by atoms with Crippen molar-refractivity contribution in [2.75, 3.05) is 13.1 Å². The average molecular weight is 155 g/mol.